The van der Waals surface area contributed by atoms with Crippen molar-refractivity contribution in [1.82, 2.24) is 9.55 Å². The molecule has 1 aliphatic carbocycles. The van der Waals surface area contributed by atoms with Crippen LogP contribution in [-0.2, 0) is 0 Å². The lowest BCUT2D eigenvalue weighted by atomic mass is 10.2. The van der Waals surface area contributed by atoms with Crippen LogP contribution in [0.5, 0.6) is 5.75 Å². The normalized spacial score (nSPS) is 14.8. The highest BCUT2D eigenvalue weighted by molar-refractivity contribution is 5.81. The van der Waals surface area contributed by atoms with Crippen LogP contribution in [0.2, 0.25) is 0 Å². The van der Waals surface area contributed by atoms with Crippen molar-refractivity contribution in [1.29, 1.82) is 0 Å². The molecule has 3 aromatic rings. The Kier molecular flexibility index (Phi) is 2.33. The molecule has 1 aromatic heterocycles. The molecule has 0 radical (unpaired) electrons. The standard InChI is InChI=1S/C16H13FN2O/c17-11-4-7-14-15(9-11)19(12-5-6-12)16(18-14)10-2-1-3-13(20)8-10/h1-4,7-9,12,20H,5-6H2. The number of hydrogen-bond acceptors (Lipinski definition) is 2. The highest BCUT2D eigenvalue weighted by Gasteiger charge is 2.28. The molecular weight excluding hydrogens is 255 g/mol. The summed E-state index contributed by atoms with van der Waals surface area (Å²) in [7, 11) is 0. The number of halogens is 1. The zero-order valence-corrected chi connectivity index (χ0v) is 10.8. The molecule has 4 heteroatoms. The smallest absolute Gasteiger partial charge is 0.141 e. The van der Waals surface area contributed by atoms with Crippen molar-refractivity contribution in [3.8, 4) is 17.1 Å². The molecule has 1 heterocycles. The van der Waals surface area contributed by atoms with Crippen molar-refractivity contribution in [2.24, 2.45) is 0 Å². The number of imidazole rings is 1. The van der Waals surface area contributed by atoms with Crippen molar-refractivity contribution in [2.75, 3.05) is 0 Å². The van der Waals surface area contributed by atoms with Crippen molar-refractivity contribution in [3.05, 3.63) is 48.3 Å². The average molecular weight is 268 g/mol. The van der Waals surface area contributed by atoms with Crippen LogP contribution in [0.4, 0.5) is 4.39 Å². The molecule has 1 aliphatic rings. The number of phenols is 1. The first-order valence-electron chi connectivity index (χ1n) is 6.69. The SMILES string of the molecule is Oc1cccc(-c2nc3ccc(F)cc3n2C2CC2)c1. The van der Waals surface area contributed by atoms with Crippen molar-refractivity contribution in [2.45, 2.75) is 18.9 Å². The maximum atomic E-state index is 13.5. The first kappa shape index (κ1) is 11.5. The molecule has 20 heavy (non-hydrogen) atoms. The summed E-state index contributed by atoms with van der Waals surface area (Å²) in [6, 6.07) is 12.1. The number of rotatable bonds is 2. The van der Waals surface area contributed by atoms with Crippen molar-refractivity contribution < 1.29 is 9.50 Å². The zero-order chi connectivity index (χ0) is 13.7. The van der Waals surface area contributed by atoms with Gasteiger partial charge in [0.25, 0.3) is 0 Å². The molecule has 0 bridgehead atoms. The van der Waals surface area contributed by atoms with E-state index >= 15 is 0 Å². The Morgan fingerprint density at radius 1 is 1.15 bits per heavy atom. The molecule has 1 N–H and O–H groups in total. The van der Waals surface area contributed by atoms with Gasteiger partial charge in [-0.25, -0.2) is 9.37 Å². The molecule has 1 saturated carbocycles. The van der Waals surface area contributed by atoms with Crippen LogP contribution in [0.3, 0.4) is 0 Å². The zero-order valence-electron chi connectivity index (χ0n) is 10.8. The second-order valence-electron chi connectivity index (χ2n) is 5.22. The van der Waals surface area contributed by atoms with E-state index in [1.54, 1.807) is 24.3 Å². The van der Waals surface area contributed by atoms with Gasteiger partial charge in [0, 0.05) is 11.6 Å². The van der Waals surface area contributed by atoms with Gasteiger partial charge in [-0.3, -0.25) is 0 Å². The highest BCUT2D eigenvalue weighted by Crippen LogP contribution is 2.41. The van der Waals surface area contributed by atoms with Gasteiger partial charge in [0.2, 0.25) is 0 Å². The summed E-state index contributed by atoms with van der Waals surface area (Å²) in [4.78, 5) is 4.61. The van der Waals surface area contributed by atoms with E-state index in [1.165, 1.54) is 12.1 Å². The Hall–Kier alpha value is -2.36. The van der Waals surface area contributed by atoms with Crippen LogP contribution in [0.1, 0.15) is 18.9 Å². The Morgan fingerprint density at radius 2 is 2.00 bits per heavy atom. The largest absolute Gasteiger partial charge is 0.508 e. The van der Waals surface area contributed by atoms with Crippen LogP contribution in [0.15, 0.2) is 42.5 Å². The van der Waals surface area contributed by atoms with Gasteiger partial charge in [0.05, 0.1) is 11.0 Å². The Morgan fingerprint density at radius 3 is 2.75 bits per heavy atom. The third-order valence-electron chi connectivity index (χ3n) is 3.67. The van der Waals surface area contributed by atoms with Gasteiger partial charge in [0.15, 0.2) is 0 Å². The number of aromatic hydroxyl groups is 1. The quantitative estimate of drug-likeness (QED) is 0.765. The Balaban J connectivity index is 2.01. The van der Waals surface area contributed by atoms with E-state index in [0.29, 0.717) is 6.04 Å². The number of aromatic nitrogens is 2. The molecule has 0 amide bonds. The number of fused-ring (bicyclic) bond motifs is 1. The van der Waals surface area contributed by atoms with E-state index in [4.69, 9.17) is 0 Å². The lowest BCUT2D eigenvalue weighted by Gasteiger charge is -2.08. The second-order valence-corrected chi connectivity index (χ2v) is 5.22. The second kappa shape index (κ2) is 4.07. The third kappa shape index (κ3) is 1.76. The van der Waals surface area contributed by atoms with Crippen molar-refractivity contribution in [3.63, 3.8) is 0 Å². The minimum Gasteiger partial charge on any atom is -0.508 e. The predicted octanol–water partition coefficient (Wildman–Crippen LogP) is 3.88. The van der Waals surface area contributed by atoms with E-state index in [2.05, 4.69) is 9.55 Å². The summed E-state index contributed by atoms with van der Waals surface area (Å²) >= 11 is 0. The highest BCUT2D eigenvalue weighted by atomic mass is 19.1. The van der Waals surface area contributed by atoms with Crippen LogP contribution in [-0.4, -0.2) is 14.7 Å². The molecule has 2 aromatic carbocycles. The fraction of sp³-hybridized carbons (Fsp3) is 0.188. The van der Waals surface area contributed by atoms with E-state index in [9.17, 15) is 9.50 Å². The van der Waals surface area contributed by atoms with Gasteiger partial charge in [0.1, 0.15) is 17.4 Å². The van der Waals surface area contributed by atoms with E-state index in [-0.39, 0.29) is 11.6 Å². The molecule has 1 fully saturated rings. The minimum absolute atomic E-state index is 0.211. The monoisotopic (exact) mass is 268 g/mol. The van der Waals surface area contributed by atoms with E-state index in [0.717, 1.165) is 35.3 Å². The van der Waals surface area contributed by atoms with Crippen LogP contribution in [0, 0.1) is 5.82 Å². The number of benzene rings is 2. The molecule has 0 spiro atoms. The maximum Gasteiger partial charge on any atom is 0.141 e. The summed E-state index contributed by atoms with van der Waals surface area (Å²) < 4.78 is 15.6. The van der Waals surface area contributed by atoms with Crippen LogP contribution in [0.25, 0.3) is 22.4 Å². The molecule has 0 aliphatic heterocycles. The van der Waals surface area contributed by atoms with Crippen LogP contribution >= 0.6 is 0 Å². The molecule has 3 nitrogen and oxygen atoms in total. The van der Waals surface area contributed by atoms with Gasteiger partial charge < -0.3 is 9.67 Å². The van der Waals surface area contributed by atoms with E-state index < -0.39 is 0 Å². The Labute approximate surface area is 115 Å². The Bertz CT molecular complexity index is 805. The van der Waals surface area contributed by atoms with Gasteiger partial charge in [-0.1, -0.05) is 12.1 Å². The predicted molar refractivity (Wildman–Crippen MR) is 75.1 cm³/mol. The fourth-order valence-electron chi connectivity index (χ4n) is 2.62. The number of nitrogens with zero attached hydrogens (tertiary/aromatic N) is 2. The molecule has 100 valence electrons. The lowest BCUT2D eigenvalue weighted by Crippen LogP contribution is -1.97. The number of phenolic OH excluding ortho intramolecular Hbond substituents is 1. The maximum absolute atomic E-state index is 13.5. The summed E-state index contributed by atoms with van der Waals surface area (Å²) in [6.45, 7) is 0. The van der Waals surface area contributed by atoms with Gasteiger partial charge in [-0.05, 0) is 43.2 Å². The first-order chi connectivity index (χ1) is 9.72. The summed E-state index contributed by atoms with van der Waals surface area (Å²) in [5.74, 6) is 0.758. The first-order valence-corrected chi connectivity index (χ1v) is 6.69. The summed E-state index contributed by atoms with van der Waals surface area (Å²) in [5.41, 5.74) is 2.47. The molecule has 0 atom stereocenters. The van der Waals surface area contributed by atoms with Gasteiger partial charge in [-0.15, -0.1) is 0 Å². The van der Waals surface area contributed by atoms with Crippen molar-refractivity contribution >= 4 is 11.0 Å². The average Bonchev–Trinajstić information content (AvgIpc) is 3.19. The van der Waals surface area contributed by atoms with E-state index in [1.807, 2.05) is 6.07 Å². The molecule has 0 unspecified atom stereocenters. The third-order valence-corrected chi connectivity index (χ3v) is 3.67. The fourth-order valence-corrected chi connectivity index (χ4v) is 2.62. The topological polar surface area (TPSA) is 38.1 Å². The summed E-state index contributed by atoms with van der Waals surface area (Å²) in [6.07, 6.45) is 2.18. The van der Waals surface area contributed by atoms with Gasteiger partial charge >= 0.3 is 0 Å². The minimum atomic E-state index is -0.248. The molecule has 4 rings (SSSR count). The lowest BCUT2D eigenvalue weighted by molar-refractivity contribution is 0.475. The molecular formula is C16H13FN2O. The van der Waals surface area contributed by atoms with Gasteiger partial charge in [-0.2, -0.15) is 0 Å². The number of hydrogen-bond donors (Lipinski definition) is 1. The van der Waals surface area contributed by atoms with Crippen LogP contribution < -0.4 is 0 Å². The molecule has 0 saturated heterocycles. The summed E-state index contributed by atoms with van der Waals surface area (Å²) in [5, 5.41) is 9.64.